The highest BCUT2D eigenvalue weighted by Crippen LogP contribution is 2.24. The van der Waals surface area contributed by atoms with E-state index in [9.17, 15) is 13.2 Å². The second-order valence-corrected chi connectivity index (χ2v) is 8.75. The summed E-state index contributed by atoms with van der Waals surface area (Å²) < 4.78 is 28.3. The van der Waals surface area contributed by atoms with Gasteiger partial charge in [0, 0.05) is 21.8 Å². The van der Waals surface area contributed by atoms with Crippen molar-refractivity contribution in [3.05, 3.63) is 83.0 Å². The lowest BCUT2D eigenvalue weighted by Gasteiger charge is -2.12. The Morgan fingerprint density at radius 2 is 1.70 bits per heavy atom. The second-order valence-electron chi connectivity index (χ2n) is 6.66. The zero-order chi connectivity index (χ0) is 21.3. The molecule has 4 aromatic rings. The molecule has 7 nitrogen and oxygen atoms in total. The molecular weight excluding hydrogens is 424 g/mol. The topological polar surface area (TPSA) is 104 Å². The van der Waals surface area contributed by atoms with E-state index < -0.39 is 15.9 Å². The lowest BCUT2D eigenvalue weighted by atomic mass is 10.2. The first-order valence-corrected chi connectivity index (χ1v) is 10.8. The van der Waals surface area contributed by atoms with E-state index >= 15 is 0 Å². The Morgan fingerprint density at radius 1 is 1.00 bits per heavy atom. The predicted molar refractivity (Wildman–Crippen MR) is 117 cm³/mol. The lowest BCUT2D eigenvalue weighted by Crippen LogP contribution is -2.16. The number of rotatable bonds is 5. The maximum absolute atomic E-state index is 12.9. The van der Waals surface area contributed by atoms with Gasteiger partial charge in [-0.05, 0) is 55.0 Å². The Balaban J connectivity index is 1.61. The number of aryl methyl sites for hydroxylation is 1. The van der Waals surface area contributed by atoms with Crippen LogP contribution in [0.15, 0.2) is 71.6 Å². The first-order chi connectivity index (χ1) is 14.3. The van der Waals surface area contributed by atoms with Crippen molar-refractivity contribution in [2.24, 2.45) is 0 Å². The van der Waals surface area contributed by atoms with Crippen LogP contribution < -0.4 is 10.0 Å². The maximum atomic E-state index is 12.9. The summed E-state index contributed by atoms with van der Waals surface area (Å²) in [5.74, 6) is -0.440. The van der Waals surface area contributed by atoms with Crippen LogP contribution in [-0.4, -0.2) is 24.5 Å². The standard InChI is InChI=1S/C21H17ClN4O3S/c1-13-6-9-16(23-21(27)20-17-4-2-3-5-18(17)24-25-20)12-19(13)30(28,29)26-15-10-7-14(22)8-11-15/h2-12,26H,1H3,(H,23,27)(H,24,25). The van der Waals surface area contributed by atoms with Gasteiger partial charge in [-0.3, -0.25) is 14.6 Å². The van der Waals surface area contributed by atoms with E-state index in [1.54, 1.807) is 49.4 Å². The van der Waals surface area contributed by atoms with Crippen molar-refractivity contribution in [1.82, 2.24) is 10.2 Å². The van der Waals surface area contributed by atoms with Crippen LogP contribution in [0.3, 0.4) is 0 Å². The molecule has 0 spiro atoms. The van der Waals surface area contributed by atoms with Crippen LogP contribution in [0.25, 0.3) is 10.9 Å². The number of hydrogen-bond donors (Lipinski definition) is 3. The van der Waals surface area contributed by atoms with Crippen molar-refractivity contribution < 1.29 is 13.2 Å². The van der Waals surface area contributed by atoms with E-state index in [2.05, 4.69) is 20.2 Å². The number of para-hydroxylation sites is 1. The summed E-state index contributed by atoms with van der Waals surface area (Å²) in [6, 6.07) is 18.3. The van der Waals surface area contributed by atoms with Crippen LogP contribution in [0.1, 0.15) is 16.1 Å². The molecule has 0 radical (unpaired) electrons. The molecule has 0 aliphatic carbocycles. The molecule has 0 saturated heterocycles. The highest BCUT2D eigenvalue weighted by molar-refractivity contribution is 7.92. The van der Waals surface area contributed by atoms with Gasteiger partial charge in [-0.2, -0.15) is 5.10 Å². The van der Waals surface area contributed by atoms with Gasteiger partial charge in [0.2, 0.25) is 0 Å². The molecule has 0 bridgehead atoms. The number of carbonyl (C=O) groups excluding carboxylic acids is 1. The van der Waals surface area contributed by atoms with Crippen LogP contribution in [0.2, 0.25) is 5.02 Å². The van der Waals surface area contributed by atoms with E-state index in [1.165, 1.54) is 6.07 Å². The molecular formula is C21H17ClN4O3S. The molecule has 30 heavy (non-hydrogen) atoms. The largest absolute Gasteiger partial charge is 0.321 e. The molecule has 3 N–H and O–H groups in total. The number of anilines is 2. The average molecular weight is 441 g/mol. The van der Waals surface area contributed by atoms with E-state index in [0.717, 1.165) is 5.52 Å². The Hall–Kier alpha value is -3.36. The van der Waals surface area contributed by atoms with Crippen molar-refractivity contribution in [3.63, 3.8) is 0 Å². The van der Waals surface area contributed by atoms with Gasteiger partial charge in [-0.1, -0.05) is 35.9 Å². The van der Waals surface area contributed by atoms with Crippen LogP contribution in [-0.2, 0) is 10.0 Å². The fraction of sp³-hybridized carbons (Fsp3) is 0.0476. The minimum absolute atomic E-state index is 0.0575. The summed E-state index contributed by atoms with van der Waals surface area (Å²) in [4.78, 5) is 12.7. The third-order valence-electron chi connectivity index (χ3n) is 4.52. The molecule has 0 unspecified atom stereocenters. The smallest absolute Gasteiger partial charge is 0.276 e. The summed E-state index contributed by atoms with van der Waals surface area (Å²) in [5, 5.41) is 10.8. The summed E-state index contributed by atoms with van der Waals surface area (Å²) in [5.41, 5.74) is 2.24. The number of nitrogens with one attached hydrogen (secondary N) is 3. The number of halogens is 1. The fourth-order valence-electron chi connectivity index (χ4n) is 3.02. The normalized spacial score (nSPS) is 11.4. The van der Waals surface area contributed by atoms with Crippen LogP contribution in [0, 0.1) is 6.92 Å². The molecule has 4 rings (SSSR count). The van der Waals surface area contributed by atoms with Crippen LogP contribution >= 0.6 is 11.6 Å². The quantitative estimate of drug-likeness (QED) is 0.422. The fourth-order valence-corrected chi connectivity index (χ4v) is 4.48. The van der Waals surface area contributed by atoms with Crippen LogP contribution in [0.4, 0.5) is 11.4 Å². The number of amides is 1. The summed E-state index contributed by atoms with van der Waals surface area (Å²) in [6.07, 6.45) is 0. The molecule has 0 aliphatic rings. The number of sulfonamides is 1. The van der Waals surface area contributed by atoms with Gasteiger partial charge < -0.3 is 5.32 Å². The molecule has 0 saturated carbocycles. The molecule has 3 aromatic carbocycles. The van der Waals surface area contributed by atoms with Gasteiger partial charge in [0.1, 0.15) is 0 Å². The zero-order valence-corrected chi connectivity index (χ0v) is 17.4. The third kappa shape index (κ3) is 4.00. The van der Waals surface area contributed by atoms with Crippen molar-refractivity contribution in [3.8, 4) is 0 Å². The van der Waals surface area contributed by atoms with Crippen molar-refractivity contribution in [2.45, 2.75) is 11.8 Å². The van der Waals surface area contributed by atoms with Gasteiger partial charge >= 0.3 is 0 Å². The van der Waals surface area contributed by atoms with E-state index in [0.29, 0.717) is 27.3 Å². The molecule has 9 heteroatoms. The zero-order valence-electron chi connectivity index (χ0n) is 15.8. The van der Waals surface area contributed by atoms with E-state index in [1.807, 2.05) is 18.2 Å². The van der Waals surface area contributed by atoms with Crippen molar-refractivity contribution in [1.29, 1.82) is 0 Å². The molecule has 152 valence electrons. The minimum Gasteiger partial charge on any atom is -0.321 e. The second kappa shape index (κ2) is 7.81. The monoisotopic (exact) mass is 440 g/mol. The summed E-state index contributed by atoms with van der Waals surface area (Å²) in [6.45, 7) is 1.68. The predicted octanol–water partition coefficient (Wildman–Crippen LogP) is 4.58. The Morgan fingerprint density at radius 3 is 2.47 bits per heavy atom. The van der Waals surface area contributed by atoms with E-state index in [4.69, 9.17) is 11.6 Å². The number of hydrogen-bond acceptors (Lipinski definition) is 4. The number of nitrogens with zero attached hydrogens (tertiary/aromatic N) is 1. The number of carbonyl (C=O) groups is 1. The molecule has 0 atom stereocenters. The van der Waals surface area contributed by atoms with E-state index in [-0.39, 0.29) is 10.6 Å². The van der Waals surface area contributed by atoms with Gasteiger partial charge in [0.05, 0.1) is 10.4 Å². The highest BCUT2D eigenvalue weighted by atomic mass is 35.5. The Bertz CT molecular complexity index is 1350. The summed E-state index contributed by atoms with van der Waals surface area (Å²) in [7, 11) is -3.87. The number of aromatic amines is 1. The molecule has 0 aliphatic heterocycles. The third-order valence-corrected chi connectivity index (χ3v) is 6.29. The average Bonchev–Trinajstić information content (AvgIpc) is 3.15. The molecule has 0 fully saturated rings. The van der Waals surface area contributed by atoms with Gasteiger partial charge in [-0.15, -0.1) is 0 Å². The van der Waals surface area contributed by atoms with Gasteiger partial charge in [0.25, 0.3) is 15.9 Å². The first-order valence-electron chi connectivity index (χ1n) is 8.97. The Labute approximate surface area is 178 Å². The Kier molecular flexibility index (Phi) is 5.19. The number of fused-ring (bicyclic) bond motifs is 1. The van der Waals surface area contributed by atoms with Gasteiger partial charge in [-0.25, -0.2) is 8.42 Å². The van der Waals surface area contributed by atoms with Crippen LogP contribution in [0.5, 0.6) is 0 Å². The maximum Gasteiger partial charge on any atom is 0.276 e. The first kappa shape index (κ1) is 19.9. The number of aromatic nitrogens is 2. The number of benzene rings is 3. The van der Waals surface area contributed by atoms with Gasteiger partial charge in [0.15, 0.2) is 5.69 Å². The van der Waals surface area contributed by atoms with Crippen molar-refractivity contribution >= 4 is 49.8 Å². The minimum atomic E-state index is -3.87. The lowest BCUT2D eigenvalue weighted by molar-refractivity contribution is 0.102. The molecule has 1 heterocycles. The molecule has 1 amide bonds. The number of H-pyrrole nitrogens is 1. The SMILES string of the molecule is Cc1ccc(NC(=O)c2n[nH]c3ccccc23)cc1S(=O)(=O)Nc1ccc(Cl)cc1. The summed E-state index contributed by atoms with van der Waals surface area (Å²) >= 11 is 5.85. The highest BCUT2D eigenvalue weighted by Gasteiger charge is 2.19. The molecule has 1 aromatic heterocycles. The van der Waals surface area contributed by atoms with Crippen molar-refractivity contribution in [2.75, 3.05) is 10.0 Å².